The molecule has 0 aromatic rings. The minimum Gasteiger partial charge on any atom is -0.468 e. The van der Waals surface area contributed by atoms with Gasteiger partial charge in [0, 0.05) is 0 Å². The van der Waals surface area contributed by atoms with E-state index in [1.807, 2.05) is 0 Å². The number of aliphatic hydroxyl groups is 1. The second-order valence-electron chi connectivity index (χ2n) is 7.26. The average Bonchev–Trinajstić information content (AvgIpc) is 2.95. The summed E-state index contributed by atoms with van der Waals surface area (Å²) in [6, 6.07) is -0.775. The molecule has 1 saturated heterocycles. The Morgan fingerprint density at radius 2 is 2.29 bits per heavy atom. The van der Waals surface area contributed by atoms with Crippen molar-refractivity contribution in [1.29, 1.82) is 0 Å². The molecule has 0 amide bonds. The summed E-state index contributed by atoms with van der Waals surface area (Å²) in [5, 5.41) is 10.4. The minimum absolute atomic E-state index is 0.216. The molecule has 3 N–H and O–H groups in total. The second kappa shape index (κ2) is 6.14. The van der Waals surface area contributed by atoms with Gasteiger partial charge in [-0.25, -0.2) is 4.39 Å². The van der Waals surface area contributed by atoms with Gasteiger partial charge in [-0.1, -0.05) is 0 Å². The third kappa shape index (κ3) is 2.63. The van der Waals surface area contributed by atoms with Gasteiger partial charge in [0.2, 0.25) is 0 Å². The Labute approximate surface area is 144 Å². The molecule has 2 aliphatic carbocycles. The lowest BCUT2D eigenvalue weighted by Crippen LogP contribution is -2.60. The molecule has 3 rings (SSSR count). The van der Waals surface area contributed by atoms with E-state index in [-0.39, 0.29) is 12.3 Å². The van der Waals surface area contributed by atoms with Crippen molar-refractivity contribution in [2.75, 3.05) is 12.9 Å². The lowest BCUT2D eigenvalue weighted by Gasteiger charge is -2.47. The zero-order valence-electron chi connectivity index (χ0n) is 13.9. The maximum Gasteiger partial charge on any atom is 0.322 e. The molecule has 0 radical (unpaired) electrons. The highest BCUT2D eigenvalue weighted by molar-refractivity contribution is 8.00. The number of esters is 2. The third-order valence-corrected chi connectivity index (χ3v) is 7.32. The predicted molar refractivity (Wildman–Crippen MR) is 86.0 cm³/mol. The monoisotopic (exact) mass is 361 g/mol. The number of methoxy groups -OCH3 is 1. The van der Waals surface area contributed by atoms with Crippen LogP contribution in [0.15, 0.2) is 0 Å². The highest BCUT2D eigenvalue weighted by Gasteiger charge is 2.71. The molecule has 1 heterocycles. The van der Waals surface area contributed by atoms with Crippen molar-refractivity contribution in [2.45, 2.75) is 61.3 Å². The summed E-state index contributed by atoms with van der Waals surface area (Å²) >= 11 is 1.25. The first-order valence-corrected chi connectivity index (χ1v) is 9.33. The van der Waals surface area contributed by atoms with Gasteiger partial charge >= 0.3 is 11.9 Å². The molecular formula is C16H24FNO5S. The Morgan fingerprint density at radius 3 is 2.96 bits per heavy atom. The molecule has 0 aromatic carbocycles. The minimum atomic E-state index is -1.58. The van der Waals surface area contributed by atoms with Gasteiger partial charge in [0.05, 0.1) is 12.4 Å². The summed E-state index contributed by atoms with van der Waals surface area (Å²) in [5.74, 6) is -1.74. The molecule has 7 atom stereocenters. The molecule has 0 spiro atoms. The van der Waals surface area contributed by atoms with E-state index in [4.69, 9.17) is 10.5 Å². The maximum absolute atomic E-state index is 15.3. The fraction of sp³-hybridized carbons (Fsp3) is 0.875. The number of carbonyl (C=O) groups excluding carboxylic acids is 2. The van der Waals surface area contributed by atoms with Crippen LogP contribution in [0.5, 0.6) is 0 Å². The van der Waals surface area contributed by atoms with Crippen molar-refractivity contribution in [2.24, 2.45) is 17.6 Å². The van der Waals surface area contributed by atoms with E-state index in [0.717, 1.165) is 0 Å². The van der Waals surface area contributed by atoms with E-state index in [0.29, 0.717) is 25.0 Å². The van der Waals surface area contributed by atoms with E-state index < -0.39 is 46.5 Å². The van der Waals surface area contributed by atoms with Crippen molar-refractivity contribution in [3.63, 3.8) is 0 Å². The number of rotatable bonds is 5. The largest absolute Gasteiger partial charge is 0.468 e. The van der Waals surface area contributed by atoms with Crippen LogP contribution in [0.2, 0.25) is 0 Å². The van der Waals surface area contributed by atoms with Crippen LogP contribution >= 0.6 is 11.8 Å². The van der Waals surface area contributed by atoms with Gasteiger partial charge in [-0.2, -0.15) is 11.8 Å². The predicted octanol–water partition coefficient (Wildman–Crippen LogP) is 0.793. The van der Waals surface area contributed by atoms with Crippen LogP contribution in [0.1, 0.15) is 32.6 Å². The van der Waals surface area contributed by atoms with Crippen LogP contribution in [0, 0.1) is 11.8 Å². The van der Waals surface area contributed by atoms with Crippen molar-refractivity contribution < 1.29 is 28.6 Å². The topological polar surface area (TPSA) is 98.9 Å². The van der Waals surface area contributed by atoms with Crippen LogP contribution in [0.3, 0.4) is 0 Å². The second-order valence-corrected chi connectivity index (χ2v) is 8.51. The van der Waals surface area contributed by atoms with E-state index in [9.17, 15) is 14.7 Å². The van der Waals surface area contributed by atoms with E-state index in [1.54, 1.807) is 0 Å². The number of alkyl halides is 1. The van der Waals surface area contributed by atoms with Crippen LogP contribution in [0.25, 0.3) is 0 Å². The molecule has 6 nitrogen and oxygen atoms in total. The Hall–Kier alpha value is -0.860. The van der Waals surface area contributed by atoms with E-state index >= 15 is 4.39 Å². The normalized spacial score (nSPS) is 44.8. The fourth-order valence-electron chi connectivity index (χ4n) is 4.53. The highest BCUT2D eigenvalue weighted by Crippen LogP contribution is 2.60. The SMILES string of the molecule is COC(=O)[C@@H](N)CCS[C@H]1C2C(=O)O[C@@H]3CC[C@H](C[C@]1(C)F)[C@]23O. The zero-order valence-corrected chi connectivity index (χ0v) is 14.7. The Morgan fingerprint density at radius 1 is 1.58 bits per heavy atom. The third-order valence-electron chi connectivity index (χ3n) is 5.73. The van der Waals surface area contributed by atoms with Gasteiger partial charge < -0.3 is 20.3 Å². The Kier molecular flexibility index (Phi) is 4.59. The number of halogens is 1. The fourth-order valence-corrected chi connectivity index (χ4v) is 6.14. The van der Waals surface area contributed by atoms with Crippen molar-refractivity contribution in [1.82, 2.24) is 0 Å². The zero-order chi connectivity index (χ0) is 17.7. The number of hydrogen-bond donors (Lipinski definition) is 2. The molecule has 136 valence electrons. The Balaban J connectivity index is 1.74. The first-order valence-electron chi connectivity index (χ1n) is 8.28. The number of carbonyl (C=O) groups is 2. The quantitative estimate of drug-likeness (QED) is 0.699. The van der Waals surface area contributed by atoms with E-state index in [2.05, 4.69) is 4.74 Å². The van der Waals surface area contributed by atoms with Crippen molar-refractivity contribution >= 4 is 23.7 Å². The van der Waals surface area contributed by atoms with Gasteiger partial charge in [0.1, 0.15) is 29.3 Å². The molecule has 8 heteroatoms. The van der Waals surface area contributed by atoms with E-state index in [1.165, 1.54) is 25.8 Å². The van der Waals surface area contributed by atoms with Crippen LogP contribution in [-0.2, 0) is 19.1 Å². The first kappa shape index (κ1) is 17.9. The molecule has 0 bridgehead atoms. The van der Waals surface area contributed by atoms with Crippen LogP contribution in [-0.4, -0.2) is 58.6 Å². The lowest BCUT2D eigenvalue weighted by molar-refractivity contribution is -0.146. The van der Waals surface area contributed by atoms with Crippen molar-refractivity contribution in [3.05, 3.63) is 0 Å². The number of ether oxygens (including phenoxy) is 2. The highest BCUT2D eigenvalue weighted by atomic mass is 32.2. The molecule has 2 saturated carbocycles. The standard InChI is InChI=1S/C16H24FNO5S/c1-15(17)7-8-3-4-10-16(8,21)11(14(20)23-10)12(15)24-6-5-9(18)13(19)22-2/h8-12,21H,3-7,18H2,1-2H3/t8-,9+,10-,11?,12+,15+,16-/m1/s1. The summed E-state index contributed by atoms with van der Waals surface area (Å²) in [5.41, 5.74) is 2.86. The molecule has 1 aliphatic heterocycles. The number of hydrogen-bond acceptors (Lipinski definition) is 7. The number of thioether (sulfide) groups is 1. The summed E-state index contributed by atoms with van der Waals surface area (Å²) < 4.78 is 25.2. The molecule has 0 aromatic heterocycles. The average molecular weight is 361 g/mol. The summed E-state index contributed by atoms with van der Waals surface area (Å²) in [4.78, 5) is 23.6. The molecule has 3 fully saturated rings. The molecular weight excluding hydrogens is 337 g/mol. The van der Waals surface area contributed by atoms with Gasteiger partial charge in [-0.05, 0) is 44.3 Å². The lowest BCUT2D eigenvalue weighted by atomic mass is 9.65. The van der Waals surface area contributed by atoms with Gasteiger partial charge in [-0.3, -0.25) is 9.59 Å². The summed E-state index contributed by atoms with van der Waals surface area (Å²) in [6.45, 7) is 1.49. The van der Waals surface area contributed by atoms with Gasteiger partial charge in [0.15, 0.2) is 0 Å². The Bertz CT molecular complexity index is 545. The van der Waals surface area contributed by atoms with Crippen LogP contribution in [0.4, 0.5) is 4.39 Å². The number of nitrogens with two attached hydrogens (primary N) is 1. The molecule has 3 aliphatic rings. The summed E-state index contributed by atoms with van der Waals surface area (Å²) in [7, 11) is 1.26. The molecule has 1 unspecified atom stereocenters. The summed E-state index contributed by atoms with van der Waals surface area (Å²) in [6.07, 6.45) is 1.28. The van der Waals surface area contributed by atoms with Gasteiger partial charge in [0.25, 0.3) is 0 Å². The van der Waals surface area contributed by atoms with Gasteiger partial charge in [-0.15, -0.1) is 0 Å². The van der Waals surface area contributed by atoms with Crippen LogP contribution < -0.4 is 5.73 Å². The first-order chi connectivity index (χ1) is 11.2. The van der Waals surface area contributed by atoms with Crippen molar-refractivity contribution in [3.8, 4) is 0 Å². The maximum atomic E-state index is 15.3. The molecule has 24 heavy (non-hydrogen) atoms. The smallest absolute Gasteiger partial charge is 0.322 e.